The zero-order chi connectivity index (χ0) is 14.4. The summed E-state index contributed by atoms with van der Waals surface area (Å²) in [6.07, 6.45) is 1.01. The van der Waals surface area contributed by atoms with Gasteiger partial charge in [0.05, 0.1) is 6.10 Å². The van der Waals surface area contributed by atoms with Gasteiger partial charge in [0, 0.05) is 6.42 Å². The van der Waals surface area contributed by atoms with Crippen molar-refractivity contribution in [3.8, 4) is 5.75 Å². The molecule has 0 saturated carbocycles. The van der Waals surface area contributed by atoms with Gasteiger partial charge in [-0.2, -0.15) is 0 Å². The Kier molecular flexibility index (Phi) is 5.83. The zero-order valence-electron chi connectivity index (χ0n) is 12.2. The van der Waals surface area contributed by atoms with E-state index < -0.39 is 0 Å². The first-order valence-electron chi connectivity index (χ1n) is 6.70. The highest BCUT2D eigenvalue weighted by atomic mass is 16.5. The largest absolute Gasteiger partial charge is 0.491 e. The van der Waals surface area contributed by atoms with E-state index in [4.69, 9.17) is 10.6 Å². The van der Waals surface area contributed by atoms with Crippen LogP contribution in [0.15, 0.2) is 18.2 Å². The lowest BCUT2D eigenvalue weighted by Crippen LogP contribution is -2.30. The lowest BCUT2D eigenvalue weighted by Gasteiger charge is -2.16. The average molecular weight is 264 g/mol. The molecule has 19 heavy (non-hydrogen) atoms. The molecule has 4 heteroatoms. The fourth-order valence-electron chi connectivity index (χ4n) is 2.07. The normalized spacial score (nSPS) is 12.3. The molecule has 1 amide bonds. The van der Waals surface area contributed by atoms with Crippen molar-refractivity contribution in [2.75, 3.05) is 0 Å². The molecule has 1 unspecified atom stereocenters. The van der Waals surface area contributed by atoms with E-state index in [0.29, 0.717) is 18.8 Å². The lowest BCUT2D eigenvalue weighted by atomic mass is 9.98. The van der Waals surface area contributed by atoms with Gasteiger partial charge in [0.15, 0.2) is 0 Å². The summed E-state index contributed by atoms with van der Waals surface area (Å²) in [5.74, 6) is 6.23. The monoisotopic (exact) mass is 264 g/mol. The van der Waals surface area contributed by atoms with Gasteiger partial charge >= 0.3 is 0 Å². The number of nitrogens with one attached hydrogen (secondary N) is 1. The van der Waals surface area contributed by atoms with Crippen LogP contribution in [0.25, 0.3) is 0 Å². The summed E-state index contributed by atoms with van der Waals surface area (Å²) in [5.41, 5.74) is 4.69. The van der Waals surface area contributed by atoms with E-state index >= 15 is 0 Å². The molecule has 0 aliphatic carbocycles. The van der Waals surface area contributed by atoms with Gasteiger partial charge in [-0.1, -0.05) is 19.9 Å². The van der Waals surface area contributed by atoms with Gasteiger partial charge < -0.3 is 4.74 Å². The summed E-state index contributed by atoms with van der Waals surface area (Å²) in [6, 6.07) is 6.14. The number of nitrogens with two attached hydrogens (primary N) is 1. The highest BCUT2D eigenvalue weighted by Crippen LogP contribution is 2.24. The number of carbonyl (C=O) groups excluding carboxylic acids is 1. The van der Waals surface area contributed by atoms with Crippen molar-refractivity contribution >= 4 is 5.91 Å². The van der Waals surface area contributed by atoms with Crippen LogP contribution in [0, 0.1) is 6.92 Å². The fourth-order valence-corrected chi connectivity index (χ4v) is 2.07. The minimum Gasteiger partial charge on any atom is -0.491 e. The zero-order valence-corrected chi connectivity index (χ0v) is 12.2. The van der Waals surface area contributed by atoms with Crippen LogP contribution in [0.2, 0.25) is 0 Å². The molecule has 106 valence electrons. The number of hydrogen-bond donors (Lipinski definition) is 2. The third kappa shape index (κ3) is 4.91. The van der Waals surface area contributed by atoms with Gasteiger partial charge in [-0.15, -0.1) is 0 Å². The molecule has 1 aromatic carbocycles. The van der Waals surface area contributed by atoms with Crippen molar-refractivity contribution in [3.05, 3.63) is 29.3 Å². The number of aryl methyl sites for hydroxylation is 1. The second-order valence-corrected chi connectivity index (χ2v) is 5.21. The minimum absolute atomic E-state index is 0.0124. The molecule has 0 heterocycles. The second-order valence-electron chi connectivity index (χ2n) is 5.21. The Labute approximate surface area is 115 Å². The number of benzene rings is 1. The minimum atomic E-state index is -0.165. The van der Waals surface area contributed by atoms with Crippen LogP contribution >= 0.6 is 0 Å². The SMILES string of the molecule is Cc1cc(OC(C)CCC(=O)NN)ccc1C(C)C. The van der Waals surface area contributed by atoms with Crippen LogP contribution in [0.3, 0.4) is 0 Å². The van der Waals surface area contributed by atoms with E-state index in [-0.39, 0.29) is 12.0 Å². The standard InChI is InChI=1S/C15H24N2O2/c1-10(2)14-7-6-13(9-11(14)3)19-12(4)5-8-15(18)17-16/h6-7,9-10,12H,5,8,16H2,1-4H3,(H,17,18). The molecular formula is C15H24N2O2. The summed E-state index contributed by atoms with van der Waals surface area (Å²) in [7, 11) is 0. The number of hydrogen-bond acceptors (Lipinski definition) is 3. The molecule has 0 saturated heterocycles. The molecule has 0 aliphatic heterocycles. The quantitative estimate of drug-likeness (QED) is 0.471. The number of carbonyl (C=O) groups is 1. The van der Waals surface area contributed by atoms with Gasteiger partial charge in [-0.25, -0.2) is 5.84 Å². The maximum absolute atomic E-state index is 11.1. The van der Waals surface area contributed by atoms with Gasteiger partial charge in [0.25, 0.3) is 0 Å². The Morgan fingerprint density at radius 2 is 2.05 bits per heavy atom. The molecule has 0 fully saturated rings. The summed E-state index contributed by atoms with van der Waals surface area (Å²) in [5, 5.41) is 0. The highest BCUT2D eigenvalue weighted by molar-refractivity contribution is 5.75. The van der Waals surface area contributed by atoms with E-state index in [1.807, 2.05) is 13.0 Å². The van der Waals surface area contributed by atoms with Gasteiger partial charge in [0.1, 0.15) is 5.75 Å². The Bertz CT molecular complexity index is 430. The molecule has 3 N–H and O–H groups in total. The van der Waals surface area contributed by atoms with Crippen molar-refractivity contribution < 1.29 is 9.53 Å². The van der Waals surface area contributed by atoms with Crippen LogP contribution in [0.4, 0.5) is 0 Å². The maximum Gasteiger partial charge on any atom is 0.234 e. The summed E-state index contributed by atoms with van der Waals surface area (Å²) in [6.45, 7) is 8.40. The van der Waals surface area contributed by atoms with Crippen molar-refractivity contribution in [2.24, 2.45) is 5.84 Å². The Balaban J connectivity index is 2.57. The smallest absolute Gasteiger partial charge is 0.234 e. The first kappa shape index (κ1) is 15.5. The molecule has 0 aliphatic rings. The Morgan fingerprint density at radius 3 is 2.58 bits per heavy atom. The molecule has 1 atom stereocenters. The Hall–Kier alpha value is -1.55. The van der Waals surface area contributed by atoms with E-state index in [0.717, 1.165) is 5.75 Å². The van der Waals surface area contributed by atoms with Crippen molar-refractivity contribution in [3.63, 3.8) is 0 Å². The molecule has 0 aromatic heterocycles. The molecular weight excluding hydrogens is 240 g/mol. The number of ether oxygens (including phenoxy) is 1. The molecule has 0 bridgehead atoms. The molecule has 0 radical (unpaired) electrons. The van der Waals surface area contributed by atoms with Crippen LogP contribution < -0.4 is 16.0 Å². The van der Waals surface area contributed by atoms with Crippen LogP contribution in [-0.4, -0.2) is 12.0 Å². The molecule has 0 spiro atoms. The van der Waals surface area contributed by atoms with Gasteiger partial charge in [-0.05, 0) is 49.4 Å². The fraction of sp³-hybridized carbons (Fsp3) is 0.533. The summed E-state index contributed by atoms with van der Waals surface area (Å²) < 4.78 is 5.80. The van der Waals surface area contributed by atoms with E-state index in [1.165, 1.54) is 11.1 Å². The highest BCUT2D eigenvalue weighted by Gasteiger charge is 2.09. The number of rotatable bonds is 6. The maximum atomic E-state index is 11.1. The van der Waals surface area contributed by atoms with E-state index in [1.54, 1.807) is 0 Å². The summed E-state index contributed by atoms with van der Waals surface area (Å²) >= 11 is 0. The average Bonchev–Trinajstić information content (AvgIpc) is 2.35. The van der Waals surface area contributed by atoms with Crippen molar-refractivity contribution in [1.29, 1.82) is 0 Å². The van der Waals surface area contributed by atoms with E-state index in [9.17, 15) is 4.79 Å². The molecule has 1 rings (SSSR count). The predicted molar refractivity (Wildman–Crippen MR) is 76.9 cm³/mol. The number of hydrazine groups is 1. The van der Waals surface area contributed by atoms with Crippen LogP contribution in [0.1, 0.15) is 50.7 Å². The van der Waals surface area contributed by atoms with Gasteiger partial charge in [-0.3, -0.25) is 10.2 Å². The lowest BCUT2D eigenvalue weighted by molar-refractivity contribution is -0.121. The third-order valence-corrected chi connectivity index (χ3v) is 3.14. The molecule has 4 nitrogen and oxygen atoms in total. The Morgan fingerprint density at radius 1 is 1.37 bits per heavy atom. The first-order valence-corrected chi connectivity index (χ1v) is 6.70. The topological polar surface area (TPSA) is 64.3 Å². The van der Waals surface area contributed by atoms with Crippen molar-refractivity contribution in [2.45, 2.75) is 52.6 Å². The number of amides is 1. The van der Waals surface area contributed by atoms with Gasteiger partial charge in [0.2, 0.25) is 5.91 Å². The van der Waals surface area contributed by atoms with Crippen molar-refractivity contribution in [1.82, 2.24) is 5.43 Å². The molecule has 1 aromatic rings. The third-order valence-electron chi connectivity index (χ3n) is 3.14. The second kappa shape index (κ2) is 7.14. The van der Waals surface area contributed by atoms with Crippen LogP contribution in [0.5, 0.6) is 5.75 Å². The first-order chi connectivity index (χ1) is 8.93. The summed E-state index contributed by atoms with van der Waals surface area (Å²) in [4.78, 5) is 11.1. The predicted octanol–water partition coefficient (Wildman–Crippen LogP) is 2.66. The van der Waals surface area contributed by atoms with E-state index in [2.05, 4.69) is 38.3 Å². The van der Waals surface area contributed by atoms with Crippen LogP contribution in [-0.2, 0) is 4.79 Å².